The molecule has 84 valence electrons. The lowest BCUT2D eigenvalue weighted by molar-refractivity contribution is 0.826. The monoisotopic (exact) mass is 213 g/mol. The first-order valence-electron chi connectivity index (χ1n) is 5.97. The topological polar surface area (TPSA) is 12.9 Å². The van der Waals surface area contributed by atoms with E-state index in [-0.39, 0.29) is 0 Å². The Kier molecular flexibility index (Phi) is 2.95. The van der Waals surface area contributed by atoms with E-state index in [1.807, 2.05) is 6.20 Å². The predicted molar refractivity (Wildman–Crippen MR) is 69.9 cm³/mol. The number of benzene rings is 1. The molecule has 1 heterocycles. The zero-order valence-corrected chi connectivity index (χ0v) is 10.5. The molecule has 0 bridgehead atoms. The van der Waals surface area contributed by atoms with Gasteiger partial charge in [-0.25, -0.2) is 0 Å². The molecule has 0 radical (unpaired) electrons. The Morgan fingerprint density at radius 3 is 2.25 bits per heavy atom. The number of aromatic nitrogens is 1. The number of nitrogens with zero attached hydrogens (tertiary/aromatic N) is 1. The van der Waals surface area contributed by atoms with Crippen molar-refractivity contribution in [2.75, 3.05) is 0 Å². The summed E-state index contributed by atoms with van der Waals surface area (Å²) in [7, 11) is 0. The lowest BCUT2D eigenvalue weighted by Crippen LogP contribution is -1.93. The molecule has 0 fully saturated rings. The van der Waals surface area contributed by atoms with Gasteiger partial charge in [0.1, 0.15) is 0 Å². The molecule has 0 aliphatic heterocycles. The van der Waals surface area contributed by atoms with Crippen molar-refractivity contribution in [1.82, 2.24) is 4.98 Å². The maximum absolute atomic E-state index is 4.48. The fraction of sp³-hybridized carbons (Fsp3) is 0.400. The standard InChI is InChI=1S/C15H19N/c1-10(2)12-5-6-13-9-16-15(11(3)4)8-14(13)7-12/h5-11H,1-4H3. The molecule has 1 aromatic carbocycles. The molecular formula is C15H19N. The van der Waals surface area contributed by atoms with Crippen molar-refractivity contribution in [1.29, 1.82) is 0 Å². The van der Waals surface area contributed by atoms with E-state index in [4.69, 9.17) is 0 Å². The van der Waals surface area contributed by atoms with Crippen LogP contribution in [0.3, 0.4) is 0 Å². The molecule has 0 amide bonds. The number of hydrogen-bond acceptors (Lipinski definition) is 1. The van der Waals surface area contributed by atoms with E-state index in [9.17, 15) is 0 Å². The van der Waals surface area contributed by atoms with Crippen LogP contribution in [0.2, 0.25) is 0 Å². The molecule has 0 saturated carbocycles. The highest BCUT2D eigenvalue weighted by atomic mass is 14.7. The summed E-state index contributed by atoms with van der Waals surface area (Å²) < 4.78 is 0. The fourth-order valence-corrected chi connectivity index (χ4v) is 1.85. The van der Waals surface area contributed by atoms with Gasteiger partial charge in [0.2, 0.25) is 0 Å². The zero-order chi connectivity index (χ0) is 11.7. The van der Waals surface area contributed by atoms with Crippen LogP contribution in [0.5, 0.6) is 0 Å². The van der Waals surface area contributed by atoms with Crippen molar-refractivity contribution >= 4 is 10.8 Å². The third-order valence-electron chi connectivity index (χ3n) is 3.03. The SMILES string of the molecule is CC(C)c1ccc2cnc(C(C)C)cc2c1. The Balaban J connectivity index is 2.56. The van der Waals surface area contributed by atoms with E-state index in [1.54, 1.807) is 0 Å². The van der Waals surface area contributed by atoms with Crippen molar-refractivity contribution in [2.24, 2.45) is 0 Å². The van der Waals surface area contributed by atoms with Crippen molar-refractivity contribution in [3.8, 4) is 0 Å². The molecular weight excluding hydrogens is 194 g/mol. The summed E-state index contributed by atoms with van der Waals surface area (Å²) in [5.74, 6) is 1.08. The van der Waals surface area contributed by atoms with Crippen molar-refractivity contribution in [3.63, 3.8) is 0 Å². The van der Waals surface area contributed by atoms with Crippen LogP contribution in [0.15, 0.2) is 30.5 Å². The molecule has 0 aliphatic rings. The zero-order valence-electron chi connectivity index (χ0n) is 10.5. The Labute approximate surface area is 97.5 Å². The smallest absolute Gasteiger partial charge is 0.0435 e. The molecule has 1 nitrogen and oxygen atoms in total. The second-order valence-electron chi connectivity index (χ2n) is 5.03. The first-order valence-corrected chi connectivity index (χ1v) is 5.97. The van der Waals surface area contributed by atoms with Gasteiger partial charge in [-0.15, -0.1) is 0 Å². The lowest BCUT2D eigenvalue weighted by atomic mass is 9.99. The summed E-state index contributed by atoms with van der Waals surface area (Å²) >= 11 is 0. The Bertz CT molecular complexity index is 455. The van der Waals surface area contributed by atoms with Crippen LogP contribution in [0.4, 0.5) is 0 Å². The first-order chi connectivity index (χ1) is 7.58. The van der Waals surface area contributed by atoms with Gasteiger partial charge in [0, 0.05) is 17.3 Å². The van der Waals surface area contributed by atoms with E-state index in [1.165, 1.54) is 22.0 Å². The van der Waals surface area contributed by atoms with Gasteiger partial charge in [0.05, 0.1) is 0 Å². The lowest BCUT2D eigenvalue weighted by Gasteiger charge is -2.09. The first kappa shape index (κ1) is 11.1. The van der Waals surface area contributed by atoms with Gasteiger partial charge in [-0.1, -0.05) is 45.9 Å². The average molecular weight is 213 g/mol. The molecule has 0 atom stereocenters. The summed E-state index contributed by atoms with van der Waals surface area (Å²) in [6.07, 6.45) is 1.98. The number of fused-ring (bicyclic) bond motifs is 1. The van der Waals surface area contributed by atoms with Gasteiger partial charge in [-0.05, 0) is 28.9 Å². The van der Waals surface area contributed by atoms with Crippen LogP contribution in [-0.2, 0) is 0 Å². The Hall–Kier alpha value is -1.37. The van der Waals surface area contributed by atoms with Gasteiger partial charge in [-0.2, -0.15) is 0 Å². The second-order valence-corrected chi connectivity index (χ2v) is 5.03. The summed E-state index contributed by atoms with van der Waals surface area (Å²) in [6.45, 7) is 8.82. The van der Waals surface area contributed by atoms with Crippen LogP contribution in [0, 0.1) is 0 Å². The summed E-state index contributed by atoms with van der Waals surface area (Å²) in [4.78, 5) is 4.48. The van der Waals surface area contributed by atoms with Gasteiger partial charge < -0.3 is 0 Å². The summed E-state index contributed by atoms with van der Waals surface area (Å²) in [6, 6.07) is 8.87. The maximum atomic E-state index is 4.48. The molecule has 0 N–H and O–H groups in total. The average Bonchev–Trinajstić information content (AvgIpc) is 2.27. The molecule has 0 saturated heterocycles. The summed E-state index contributed by atoms with van der Waals surface area (Å²) in [5, 5.41) is 2.54. The molecule has 2 rings (SSSR count). The molecule has 0 unspecified atom stereocenters. The number of rotatable bonds is 2. The van der Waals surface area contributed by atoms with Crippen LogP contribution in [0.1, 0.15) is 50.8 Å². The highest BCUT2D eigenvalue weighted by Gasteiger charge is 2.04. The fourth-order valence-electron chi connectivity index (χ4n) is 1.85. The normalized spacial score (nSPS) is 11.6. The van der Waals surface area contributed by atoms with E-state index < -0.39 is 0 Å². The van der Waals surface area contributed by atoms with Gasteiger partial charge in [0.15, 0.2) is 0 Å². The molecule has 1 heteroatoms. The van der Waals surface area contributed by atoms with Crippen molar-refractivity contribution in [3.05, 3.63) is 41.7 Å². The van der Waals surface area contributed by atoms with E-state index in [2.05, 4.69) is 56.9 Å². The van der Waals surface area contributed by atoms with Crippen molar-refractivity contribution in [2.45, 2.75) is 39.5 Å². The molecule has 16 heavy (non-hydrogen) atoms. The minimum Gasteiger partial charge on any atom is -0.260 e. The minimum absolute atomic E-state index is 0.493. The quantitative estimate of drug-likeness (QED) is 0.716. The maximum Gasteiger partial charge on any atom is 0.0435 e. The highest BCUT2D eigenvalue weighted by Crippen LogP contribution is 2.23. The van der Waals surface area contributed by atoms with Crippen LogP contribution in [-0.4, -0.2) is 4.98 Å². The van der Waals surface area contributed by atoms with Crippen molar-refractivity contribution < 1.29 is 0 Å². The third kappa shape index (κ3) is 2.08. The van der Waals surface area contributed by atoms with Gasteiger partial charge >= 0.3 is 0 Å². The van der Waals surface area contributed by atoms with Gasteiger partial charge in [0.25, 0.3) is 0 Å². The Morgan fingerprint density at radius 2 is 1.62 bits per heavy atom. The Morgan fingerprint density at radius 1 is 0.875 bits per heavy atom. The molecule has 2 aromatic rings. The third-order valence-corrected chi connectivity index (χ3v) is 3.03. The minimum atomic E-state index is 0.493. The predicted octanol–water partition coefficient (Wildman–Crippen LogP) is 4.48. The molecule has 1 aromatic heterocycles. The highest BCUT2D eigenvalue weighted by molar-refractivity contribution is 5.82. The second kappa shape index (κ2) is 4.25. The summed E-state index contributed by atoms with van der Waals surface area (Å²) in [5.41, 5.74) is 2.57. The van der Waals surface area contributed by atoms with E-state index in [0.717, 1.165) is 0 Å². The van der Waals surface area contributed by atoms with Crippen LogP contribution in [0.25, 0.3) is 10.8 Å². The van der Waals surface area contributed by atoms with Crippen LogP contribution < -0.4 is 0 Å². The molecule has 0 aliphatic carbocycles. The number of pyridine rings is 1. The largest absolute Gasteiger partial charge is 0.260 e. The molecule has 0 spiro atoms. The van der Waals surface area contributed by atoms with Crippen LogP contribution >= 0.6 is 0 Å². The van der Waals surface area contributed by atoms with Gasteiger partial charge in [-0.3, -0.25) is 4.98 Å². The number of hydrogen-bond donors (Lipinski definition) is 0. The van der Waals surface area contributed by atoms with E-state index >= 15 is 0 Å². The van der Waals surface area contributed by atoms with E-state index in [0.29, 0.717) is 11.8 Å².